The Morgan fingerprint density at radius 1 is 1.33 bits per heavy atom. The molecule has 0 saturated carbocycles. The number of alkyl halides is 3. The van der Waals surface area contributed by atoms with Crippen molar-refractivity contribution in [2.75, 3.05) is 18.9 Å². The molecule has 3 N–H and O–H groups in total. The number of halogens is 3. The molecule has 0 saturated heterocycles. The lowest BCUT2D eigenvalue weighted by Crippen LogP contribution is -2.26. The minimum Gasteiger partial charge on any atom is -0.493 e. The molecule has 0 heterocycles. The molecule has 1 aromatic carbocycles. The molecule has 118 valence electrons. The number of benzene rings is 1. The van der Waals surface area contributed by atoms with E-state index in [4.69, 9.17) is 10.5 Å². The Kier molecular flexibility index (Phi) is 6.33. The van der Waals surface area contributed by atoms with Crippen LogP contribution in [-0.2, 0) is 0 Å². The zero-order valence-corrected chi connectivity index (χ0v) is 11.8. The summed E-state index contributed by atoms with van der Waals surface area (Å²) in [6.07, 6.45) is -4.77. The molecule has 0 radical (unpaired) electrons. The summed E-state index contributed by atoms with van der Waals surface area (Å²) in [6, 6.07) is 4.86. The molecule has 0 bridgehead atoms. The van der Waals surface area contributed by atoms with Gasteiger partial charge in [-0.1, -0.05) is 6.07 Å². The lowest BCUT2D eigenvalue weighted by molar-refractivity contribution is -0.135. The molecule has 1 amide bonds. The molecule has 7 heteroatoms. The Morgan fingerprint density at radius 2 is 2.05 bits per heavy atom. The van der Waals surface area contributed by atoms with Crippen LogP contribution in [0.4, 0.5) is 18.9 Å². The van der Waals surface area contributed by atoms with Crippen LogP contribution in [0.15, 0.2) is 18.2 Å². The number of nitrogens with two attached hydrogens (primary N) is 1. The number of hydrogen-bond acceptors (Lipinski definition) is 3. The molecule has 0 atom stereocenters. The first-order chi connectivity index (χ1) is 9.85. The molecule has 1 aromatic rings. The third-order valence-electron chi connectivity index (χ3n) is 2.76. The average molecular weight is 304 g/mol. The number of anilines is 1. The highest BCUT2D eigenvalue weighted by atomic mass is 19.4. The van der Waals surface area contributed by atoms with Crippen molar-refractivity contribution in [1.82, 2.24) is 5.32 Å². The van der Waals surface area contributed by atoms with Gasteiger partial charge in [0.15, 0.2) is 0 Å². The first-order valence-corrected chi connectivity index (χ1v) is 6.71. The van der Waals surface area contributed by atoms with E-state index < -0.39 is 18.5 Å². The van der Waals surface area contributed by atoms with Crippen molar-refractivity contribution in [3.05, 3.63) is 23.8 Å². The van der Waals surface area contributed by atoms with Crippen molar-refractivity contribution in [1.29, 1.82) is 0 Å². The monoisotopic (exact) mass is 304 g/mol. The van der Waals surface area contributed by atoms with Gasteiger partial charge in [-0.15, -0.1) is 0 Å². The van der Waals surface area contributed by atoms with Gasteiger partial charge >= 0.3 is 6.18 Å². The van der Waals surface area contributed by atoms with E-state index in [-0.39, 0.29) is 30.6 Å². The largest absolute Gasteiger partial charge is 0.493 e. The number of nitrogen functional groups attached to an aromatic ring is 1. The fourth-order valence-electron chi connectivity index (χ4n) is 1.81. The zero-order valence-electron chi connectivity index (χ0n) is 11.8. The van der Waals surface area contributed by atoms with E-state index in [0.29, 0.717) is 12.4 Å². The van der Waals surface area contributed by atoms with Gasteiger partial charge in [0, 0.05) is 18.7 Å². The lowest BCUT2D eigenvalue weighted by atomic mass is 10.1. The zero-order chi connectivity index (χ0) is 15.9. The van der Waals surface area contributed by atoms with Gasteiger partial charge in [0.1, 0.15) is 11.3 Å². The van der Waals surface area contributed by atoms with E-state index in [1.54, 1.807) is 25.1 Å². The van der Waals surface area contributed by atoms with Crippen LogP contribution >= 0.6 is 0 Å². The molecule has 0 aliphatic heterocycles. The Bertz CT molecular complexity index is 476. The second-order valence-corrected chi connectivity index (χ2v) is 4.48. The molecule has 1 rings (SSSR count). The Balaban J connectivity index is 2.52. The molecule has 0 unspecified atom stereocenters. The van der Waals surface area contributed by atoms with Crippen molar-refractivity contribution < 1.29 is 22.7 Å². The SMILES string of the molecule is CCOc1cccc(N)c1C(=O)NCCCCC(F)(F)F. The van der Waals surface area contributed by atoms with E-state index in [2.05, 4.69) is 5.32 Å². The van der Waals surface area contributed by atoms with Gasteiger partial charge in [0.2, 0.25) is 0 Å². The Hall–Kier alpha value is -1.92. The number of hydrogen-bond donors (Lipinski definition) is 2. The van der Waals surface area contributed by atoms with Gasteiger partial charge in [0.05, 0.1) is 6.61 Å². The molecule has 21 heavy (non-hydrogen) atoms. The molecule has 0 aliphatic rings. The molecule has 4 nitrogen and oxygen atoms in total. The molecular formula is C14H19F3N2O2. The van der Waals surface area contributed by atoms with Gasteiger partial charge in [-0.3, -0.25) is 4.79 Å². The van der Waals surface area contributed by atoms with E-state index in [1.807, 2.05) is 0 Å². The summed E-state index contributed by atoms with van der Waals surface area (Å²) in [6.45, 7) is 2.33. The van der Waals surface area contributed by atoms with E-state index in [1.165, 1.54) is 0 Å². The second kappa shape index (κ2) is 7.75. The predicted molar refractivity (Wildman–Crippen MR) is 74.3 cm³/mol. The van der Waals surface area contributed by atoms with Crippen LogP contribution < -0.4 is 15.8 Å². The van der Waals surface area contributed by atoms with Crippen LogP contribution in [0.3, 0.4) is 0 Å². The standard InChI is InChI=1S/C14H19F3N2O2/c1-2-21-11-7-5-6-10(18)12(11)13(20)19-9-4-3-8-14(15,16)17/h5-7H,2-4,8-9,18H2,1H3,(H,19,20). The van der Waals surface area contributed by atoms with E-state index in [9.17, 15) is 18.0 Å². The highest BCUT2D eigenvalue weighted by Crippen LogP contribution is 2.24. The summed E-state index contributed by atoms with van der Waals surface area (Å²) in [4.78, 5) is 12.0. The van der Waals surface area contributed by atoms with Gasteiger partial charge in [-0.25, -0.2) is 0 Å². The highest BCUT2D eigenvalue weighted by Gasteiger charge is 2.25. The number of nitrogens with one attached hydrogen (secondary N) is 1. The van der Waals surface area contributed by atoms with Crippen molar-refractivity contribution in [3.8, 4) is 5.75 Å². The Morgan fingerprint density at radius 3 is 2.67 bits per heavy atom. The van der Waals surface area contributed by atoms with Crippen molar-refractivity contribution in [2.24, 2.45) is 0 Å². The molecule has 0 fully saturated rings. The van der Waals surface area contributed by atoms with Gasteiger partial charge in [0.25, 0.3) is 5.91 Å². The summed E-state index contributed by atoms with van der Waals surface area (Å²) in [7, 11) is 0. The van der Waals surface area contributed by atoms with Crippen LogP contribution in [0.5, 0.6) is 5.75 Å². The normalized spacial score (nSPS) is 11.2. The first-order valence-electron chi connectivity index (χ1n) is 6.71. The van der Waals surface area contributed by atoms with Crippen LogP contribution in [0.25, 0.3) is 0 Å². The number of carbonyl (C=O) groups is 1. The fourth-order valence-corrected chi connectivity index (χ4v) is 1.81. The maximum atomic E-state index is 12.0. The van der Waals surface area contributed by atoms with Crippen LogP contribution in [0.2, 0.25) is 0 Å². The topological polar surface area (TPSA) is 64.3 Å². The highest BCUT2D eigenvalue weighted by molar-refractivity contribution is 6.01. The Labute approximate surface area is 121 Å². The second-order valence-electron chi connectivity index (χ2n) is 4.48. The first kappa shape index (κ1) is 17.1. The molecule has 0 aliphatic carbocycles. The van der Waals surface area contributed by atoms with Crippen molar-refractivity contribution in [3.63, 3.8) is 0 Å². The summed E-state index contributed by atoms with van der Waals surface area (Å²) in [5, 5.41) is 2.56. The predicted octanol–water partition coefficient (Wildman–Crippen LogP) is 3.13. The summed E-state index contributed by atoms with van der Waals surface area (Å²) in [5.74, 6) is -0.0751. The fraction of sp³-hybridized carbons (Fsp3) is 0.500. The van der Waals surface area contributed by atoms with Gasteiger partial charge in [-0.2, -0.15) is 13.2 Å². The summed E-state index contributed by atoms with van der Waals surface area (Å²) >= 11 is 0. The average Bonchev–Trinajstić information content (AvgIpc) is 2.37. The number of amides is 1. The third-order valence-corrected chi connectivity index (χ3v) is 2.76. The maximum absolute atomic E-state index is 12.0. The number of ether oxygens (including phenoxy) is 1. The minimum absolute atomic E-state index is 0.0215. The summed E-state index contributed by atoms with van der Waals surface area (Å²) in [5.41, 5.74) is 6.24. The number of carbonyl (C=O) groups excluding carboxylic acids is 1. The third kappa shape index (κ3) is 5.93. The van der Waals surface area contributed by atoms with Crippen LogP contribution in [0, 0.1) is 0 Å². The van der Waals surface area contributed by atoms with Crippen molar-refractivity contribution >= 4 is 11.6 Å². The number of unbranched alkanes of at least 4 members (excludes halogenated alkanes) is 1. The number of rotatable bonds is 7. The van der Waals surface area contributed by atoms with Crippen molar-refractivity contribution in [2.45, 2.75) is 32.4 Å². The van der Waals surface area contributed by atoms with Crippen LogP contribution in [0.1, 0.15) is 36.5 Å². The summed E-state index contributed by atoms with van der Waals surface area (Å²) < 4.78 is 41.3. The van der Waals surface area contributed by atoms with Gasteiger partial charge in [-0.05, 0) is 31.9 Å². The molecule has 0 aromatic heterocycles. The van der Waals surface area contributed by atoms with Crippen LogP contribution in [-0.4, -0.2) is 25.2 Å². The smallest absolute Gasteiger partial charge is 0.389 e. The van der Waals surface area contributed by atoms with E-state index >= 15 is 0 Å². The van der Waals surface area contributed by atoms with Gasteiger partial charge < -0.3 is 15.8 Å². The van der Waals surface area contributed by atoms with E-state index in [0.717, 1.165) is 0 Å². The quantitative estimate of drug-likeness (QED) is 0.601. The maximum Gasteiger partial charge on any atom is 0.389 e. The minimum atomic E-state index is -4.16. The lowest BCUT2D eigenvalue weighted by Gasteiger charge is -2.13. The molecular weight excluding hydrogens is 285 g/mol. The molecule has 0 spiro atoms.